The third kappa shape index (κ3) is 3.38. The Bertz CT molecular complexity index is 1730. The molecule has 4 heterocycles. The lowest BCUT2D eigenvalue weighted by atomic mass is 9.86. The number of carbonyl (C=O) groups is 2. The van der Waals surface area contributed by atoms with Crippen molar-refractivity contribution in [2.45, 2.75) is 39.3 Å². The molecular formula is C29H27ClN6O4. The lowest BCUT2D eigenvalue weighted by molar-refractivity contribution is -0.119. The van der Waals surface area contributed by atoms with E-state index in [1.165, 1.54) is 19.1 Å². The molecule has 0 saturated heterocycles. The highest BCUT2D eigenvalue weighted by Crippen LogP contribution is 2.55. The summed E-state index contributed by atoms with van der Waals surface area (Å²) in [5.41, 5.74) is 3.12. The van der Waals surface area contributed by atoms with Gasteiger partial charge in [0.15, 0.2) is 11.2 Å². The van der Waals surface area contributed by atoms with Crippen LogP contribution >= 0.6 is 11.6 Å². The maximum atomic E-state index is 14.5. The number of hydrogen-bond acceptors (Lipinski definition) is 7. The van der Waals surface area contributed by atoms with Gasteiger partial charge in [-0.25, -0.2) is 9.97 Å². The normalized spacial score (nSPS) is 17.4. The van der Waals surface area contributed by atoms with Gasteiger partial charge in [0.1, 0.15) is 5.82 Å². The molecule has 0 bridgehead atoms. The van der Waals surface area contributed by atoms with Crippen molar-refractivity contribution in [1.29, 1.82) is 0 Å². The van der Waals surface area contributed by atoms with Crippen LogP contribution in [0.4, 0.5) is 11.4 Å². The number of amides is 2. The van der Waals surface area contributed by atoms with Crippen LogP contribution in [0.15, 0.2) is 42.6 Å². The fraction of sp³-hybridized carbons (Fsp3) is 0.276. The van der Waals surface area contributed by atoms with Gasteiger partial charge in [0, 0.05) is 28.5 Å². The molecule has 40 heavy (non-hydrogen) atoms. The van der Waals surface area contributed by atoms with Gasteiger partial charge in [0.05, 0.1) is 31.2 Å². The summed E-state index contributed by atoms with van der Waals surface area (Å²) in [7, 11) is 2.95. The van der Waals surface area contributed by atoms with E-state index in [9.17, 15) is 9.59 Å². The first-order valence-corrected chi connectivity index (χ1v) is 13.1. The molecule has 1 spiro atoms. The van der Waals surface area contributed by atoms with Gasteiger partial charge in [-0.3, -0.25) is 14.5 Å². The molecule has 2 aromatic carbocycles. The molecule has 0 saturated carbocycles. The lowest BCUT2D eigenvalue weighted by Gasteiger charge is -2.36. The zero-order chi connectivity index (χ0) is 28.5. The molecule has 0 radical (unpaired) electrons. The number of carbonyl (C=O) groups excluding carboxylic acids is 2. The van der Waals surface area contributed by atoms with E-state index in [4.69, 9.17) is 26.1 Å². The van der Waals surface area contributed by atoms with Gasteiger partial charge in [-0.15, -0.1) is 0 Å². The maximum Gasteiger partial charge on any atom is 0.319 e. The molecule has 1 atom stereocenters. The summed E-state index contributed by atoms with van der Waals surface area (Å²) >= 11 is 6.43. The summed E-state index contributed by atoms with van der Waals surface area (Å²) < 4.78 is 12.6. The summed E-state index contributed by atoms with van der Waals surface area (Å²) in [6, 6.07) is 11.0. The Hall–Kier alpha value is -4.44. The van der Waals surface area contributed by atoms with Crippen molar-refractivity contribution in [3.63, 3.8) is 0 Å². The van der Waals surface area contributed by atoms with Crippen molar-refractivity contribution in [3.8, 4) is 23.3 Å². The van der Waals surface area contributed by atoms with Crippen molar-refractivity contribution >= 4 is 34.8 Å². The summed E-state index contributed by atoms with van der Waals surface area (Å²) in [5.74, 6) is -0.139. The second-order valence-electron chi connectivity index (χ2n) is 10.2. The number of benzene rings is 2. The maximum absolute atomic E-state index is 14.5. The fourth-order valence-corrected chi connectivity index (χ4v) is 5.89. The van der Waals surface area contributed by atoms with Gasteiger partial charge >= 0.3 is 6.01 Å². The molecule has 1 unspecified atom stereocenters. The third-order valence-electron chi connectivity index (χ3n) is 7.41. The SMILES string of the molecule is COc1ncc(-c2nc3c(n2C(C)C)C2(C(=O)Nc4cc(C)ccc42)N(c2cc(Cl)ccc2C)C3=O)c(OC)n1. The number of imidazole rings is 1. The van der Waals surface area contributed by atoms with Gasteiger partial charge in [0.2, 0.25) is 5.88 Å². The van der Waals surface area contributed by atoms with E-state index in [-0.39, 0.29) is 29.5 Å². The predicted octanol–water partition coefficient (Wildman–Crippen LogP) is 5.06. The molecule has 0 aliphatic carbocycles. The predicted molar refractivity (Wildman–Crippen MR) is 150 cm³/mol. The largest absolute Gasteiger partial charge is 0.480 e. The van der Waals surface area contributed by atoms with Gasteiger partial charge < -0.3 is 19.4 Å². The molecule has 6 rings (SSSR count). The number of nitrogens with zero attached hydrogens (tertiary/aromatic N) is 5. The van der Waals surface area contributed by atoms with Crippen LogP contribution in [-0.2, 0) is 10.3 Å². The first-order valence-electron chi connectivity index (χ1n) is 12.7. The first-order chi connectivity index (χ1) is 19.1. The number of aromatic nitrogens is 4. The van der Waals surface area contributed by atoms with Crippen molar-refractivity contribution < 1.29 is 19.1 Å². The van der Waals surface area contributed by atoms with Crippen LogP contribution in [0.25, 0.3) is 11.4 Å². The van der Waals surface area contributed by atoms with E-state index in [0.717, 1.165) is 11.1 Å². The van der Waals surface area contributed by atoms with Crippen LogP contribution in [0, 0.1) is 13.8 Å². The molecule has 2 aromatic heterocycles. The Balaban J connectivity index is 1.73. The van der Waals surface area contributed by atoms with E-state index in [2.05, 4.69) is 15.3 Å². The number of nitrogens with one attached hydrogen (secondary N) is 1. The van der Waals surface area contributed by atoms with Gasteiger partial charge in [-0.05, 0) is 57.0 Å². The van der Waals surface area contributed by atoms with Crippen molar-refractivity contribution in [1.82, 2.24) is 19.5 Å². The molecule has 204 valence electrons. The molecule has 1 N–H and O–H groups in total. The number of halogens is 1. The van der Waals surface area contributed by atoms with Gasteiger partial charge in [-0.1, -0.05) is 29.8 Å². The topological polar surface area (TPSA) is 111 Å². The second kappa shape index (κ2) is 9.06. The van der Waals surface area contributed by atoms with Crippen molar-refractivity contribution in [3.05, 3.63) is 75.7 Å². The molecule has 4 aromatic rings. The number of ether oxygens (including phenoxy) is 2. The highest BCUT2D eigenvalue weighted by molar-refractivity contribution is 6.31. The zero-order valence-electron chi connectivity index (χ0n) is 22.9. The summed E-state index contributed by atoms with van der Waals surface area (Å²) in [6.45, 7) is 7.77. The summed E-state index contributed by atoms with van der Waals surface area (Å²) in [4.78, 5) is 43.8. The Morgan fingerprint density at radius 1 is 1.02 bits per heavy atom. The molecule has 10 nitrogen and oxygen atoms in total. The Morgan fingerprint density at radius 2 is 1.80 bits per heavy atom. The van der Waals surface area contributed by atoms with Crippen LogP contribution in [-0.4, -0.2) is 45.6 Å². The second-order valence-corrected chi connectivity index (χ2v) is 10.6. The monoisotopic (exact) mass is 558 g/mol. The Kier molecular flexibility index (Phi) is 5.85. The van der Waals surface area contributed by atoms with E-state index >= 15 is 0 Å². The van der Waals surface area contributed by atoms with Gasteiger partial charge in [0.25, 0.3) is 11.8 Å². The van der Waals surface area contributed by atoms with Crippen LogP contribution in [0.2, 0.25) is 5.02 Å². The van der Waals surface area contributed by atoms with E-state index < -0.39 is 11.4 Å². The number of aryl methyl sites for hydroxylation is 2. The Morgan fingerprint density at radius 3 is 2.50 bits per heavy atom. The highest BCUT2D eigenvalue weighted by atomic mass is 35.5. The van der Waals surface area contributed by atoms with Crippen LogP contribution < -0.4 is 19.7 Å². The summed E-state index contributed by atoms with van der Waals surface area (Å²) in [6.07, 6.45) is 1.54. The number of methoxy groups -OCH3 is 2. The molecule has 2 aliphatic heterocycles. The number of rotatable bonds is 5. The minimum Gasteiger partial charge on any atom is -0.480 e. The van der Waals surface area contributed by atoms with E-state index in [1.54, 1.807) is 18.3 Å². The zero-order valence-corrected chi connectivity index (χ0v) is 23.6. The molecule has 2 aliphatic rings. The molecule has 0 fully saturated rings. The first kappa shape index (κ1) is 25.8. The van der Waals surface area contributed by atoms with Crippen LogP contribution in [0.5, 0.6) is 11.9 Å². The Labute approximate surface area is 235 Å². The van der Waals surface area contributed by atoms with Crippen molar-refractivity contribution in [2.75, 3.05) is 24.4 Å². The third-order valence-corrected chi connectivity index (χ3v) is 7.65. The average Bonchev–Trinajstić information content (AvgIpc) is 3.53. The average molecular weight is 559 g/mol. The fourth-order valence-electron chi connectivity index (χ4n) is 5.73. The lowest BCUT2D eigenvalue weighted by Crippen LogP contribution is -2.51. The quantitative estimate of drug-likeness (QED) is 0.364. The minimum atomic E-state index is -1.54. The highest BCUT2D eigenvalue weighted by Gasteiger charge is 2.64. The molecular weight excluding hydrogens is 532 g/mol. The van der Waals surface area contributed by atoms with Gasteiger partial charge in [-0.2, -0.15) is 4.98 Å². The van der Waals surface area contributed by atoms with Crippen molar-refractivity contribution in [2.24, 2.45) is 0 Å². The summed E-state index contributed by atoms with van der Waals surface area (Å²) in [5, 5.41) is 3.49. The standard InChI is InChI=1S/C29H27ClN6O4/c1-14(2)35-23-22(33-24(35)18-13-31-28(40-6)34-25(18)39-5)26(37)36(21-12-17(30)9-8-16(21)4)29(23)19-10-7-15(3)11-20(19)32-27(29)38/h7-14H,1-6H3,(H,32,38). The van der Waals surface area contributed by atoms with Crippen LogP contribution in [0.3, 0.4) is 0 Å². The minimum absolute atomic E-state index is 0.130. The number of fused-ring (bicyclic) bond motifs is 4. The number of hydrogen-bond donors (Lipinski definition) is 1. The molecule has 2 amide bonds. The smallest absolute Gasteiger partial charge is 0.319 e. The van der Waals surface area contributed by atoms with Crippen LogP contribution in [0.1, 0.15) is 52.8 Å². The number of anilines is 2. The van der Waals surface area contributed by atoms with E-state index in [1.807, 2.05) is 56.5 Å². The molecule has 11 heteroatoms. The van der Waals surface area contributed by atoms with E-state index in [0.29, 0.717) is 39.0 Å².